The first-order valence-electron chi connectivity index (χ1n) is 11.2. The topological polar surface area (TPSA) is 106 Å². The SMILES string of the molecule is C=CC(=O)N1CCCOc2cc(OC)c(Nc3ncc(Cl)c(Nc4ccccc4P(C)(C)=O)n3)cc21. The zero-order valence-corrected chi connectivity index (χ0v) is 21.9. The van der Waals surface area contributed by atoms with Crippen LogP contribution in [0.2, 0.25) is 5.02 Å². The molecule has 0 saturated carbocycles. The van der Waals surface area contributed by atoms with E-state index in [1.54, 1.807) is 30.4 Å². The fourth-order valence-corrected chi connectivity index (χ4v) is 5.11. The maximum atomic E-state index is 12.8. The molecule has 1 aliphatic rings. The summed E-state index contributed by atoms with van der Waals surface area (Å²) < 4.78 is 24.2. The smallest absolute Gasteiger partial charge is 0.250 e. The van der Waals surface area contributed by atoms with Gasteiger partial charge in [-0.3, -0.25) is 4.79 Å². The van der Waals surface area contributed by atoms with Crippen molar-refractivity contribution in [2.24, 2.45) is 0 Å². The highest BCUT2D eigenvalue weighted by Gasteiger charge is 2.24. The molecule has 0 saturated heterocycles. The average molecular weight is 528 g/mol. The van der Waals surface area contributed by atoms with Gasteiger partial charge in [-0.1, -0.05) is 30.3 Å². The molecule has 0 bridgehead atoms. The van der Waals surface area contributed by atoms with Crippen LogP contribution < -0.4 is 30.3 Å². The van der Waals surface area contributed by atoms with Gasteiger partial charge in [0.05, 0.1) is 37.0 Å². The summed E-state index contributed by atoms with van der Waals surface area (Å²) in [6.45, 7) is 7.99. The zero-order valence-electron chi connectivity index (χ0n) is 20.2. The number of aromatic nitrogens is 2. The number of rotatable bonds is 7. The van der Waals surface area contributed by atoms with Gasteiger partial charge in [-0.2, -0.15) is 4.98 Å². The van der Waals surface area contributed by atoms with Crippen molar-refractivity contribution >= 4 is 58.8 Å². The van der Waals surface area contributed by atoms with E-state index in [1.807, 2.05) is 24.3 Å². The Bertz CT molecular complexity index is 1360. The number of methoxy groups -OCH3 is 1. The molecule has 9 nitrogen and oxygen atoms in total. The minimum Gasteiger partial charge on any atom is -0.494 e. The van der Waals surface area contributed by atoms with E-state index in [1.165, 1.54) is 19.4 Å². The highest BCUT2D eigenvalue weighted by atomic mass is 35.5. The van der Waals surface area contributed by atoms with Gasteiger partial charge in [-0.15, -0.1) is 0 Å². The second-order valence-corrected chi connectivity index (χ2v) is 12.0. The average Bonchev–Trinajstić information content (AvgIpc) is 3.06. The van der Waals surface area contributed by atoms with E-state index in [9.17, 15) is 9.36 Å². The molecule has 0 atom stereocenters. The van der Waals surface area contributed by atoms with Crippen LogP contribution in [0.5, 0.6) is 11.5 Å². The van der Waals surface area contributed by atoms with Crippen molar-refractivity contribution in [3.63, 3.8) is 0 Å². The van der Waals surface area contributed by atoms with Crippen LogP contribution in [0, 0.1) is 0 Å². The molecule has 1 aromatic heterocycles. The summed E-state index contributed by atoms with van der Waals surface area (Å²) in [7, 11) is -1.01. The number of anilines is 5. The van der Waals surface area contributed by atoms with Crippen molar-refractivity contribution in [2.45, 2.75) is 6.42 Å². The molecule has 0 spiro atoms. The second-order valence-electron chi connectivity index (χ2n) is 8.42. The lowest BCUT2D eigenvalue weighted by Gasteiger charge is -2.22. The molecule has 0 radical (unpaired) electrons. The Balaban J connectivity index is 1.70. The molecule has 4 rings (SSSR count). The number of nitrogens with one attached hydrogen (secondary N) is 2. The highest BCUT2D eigenvalue weighted by Crippen LogP contribution is 2.41. The van der Waals surface area contributed by atoms with Crippen molar-refractivity contribution in [1.82, 2.24) is 9.97 Å². The number of hydrogen-bond donors (Lipinski definition) is 2. The molecule has 1 aliphatic heterocycles. The van der Waals surface area contributed by atoms with Crippen molar-refractivity contribution < 1.29 is 18.8 Å². The molecule has 11 heteroatoms. The van der Waals surface area contributed by atoms with Crippen molar-refractivity contribution in [2.75, 3.05) is 49.1 Å². The normalized spacial score (nSPS) is 13.2. The maximum absolute atomic E-state index is 12.8. The molecule has 2 aromatic carbocycles. The molecule has 0 aliphatic carbocycles. The molecular weight excluding hydrogens is 501 g/mol. The van der Waals surface area contributed by atoms with E-state index in [4.69, 9.17) is 21.1 Å². The Hall–Kier alpha value is -3.55. The molecular formula is C25H27ClN5O4P. The van der Waals surface area contributed by atoms with E-state index in [0.717, 1.165) is 0 Å². The van der Waals surface area contributed by atoms with E-state index < -0.39 is 7.14 Å². The molecule has 0 unspecified atom stereocenters. The maximum Gasteiger partial charge on any atom is 0.250 e. The Kier molecular flexibility index (Phi) is 7.52. The number of nitrogens with zero attached hydrogens (tertiary/aromatic N) is 3. The van der Waals surface area contributed by atoms with Crippen LogP contribution in [0.4, 0.5) is 28.8 Å². The Morgan fingerprint density at radius 3 is 2.75 bits per heavy atom. The monoisotopic (exact) mass is 527 g/mol. The molecule has 3 aromatic rings. The minimum absolute atomic E-state index is 0.227. The first kappa shape index (κ1) is 25.5. The molecule has 188 valence electrons. The third-order valence-corrected chi connectivity index (χ3v) is 7.35. The van der Waals surface area contributed by atoms with Crippen LogP contribution in [0.25, 0.3) is 0 Å². The van der Waals surface area contributed by atoms with Crippen LogP contribution in [-0.2, 0) is 9.36 Å². The molecule has 2 N–H and O–H groups in total. The van der Waals surface area contributed by atoms with Crippen LogP contribution >= 0.6 is 18.7 Å². The lowest BCUT2D eigenvalue weighted by atomic mass is 10.2. The predicted molar refractivity (Wildman–Crippen MR) is 145 cm³/mol. The molecule has 1 amide bonds. The van der Waals surface area contributed by atoms with Crippen LogP contribution in [0.15, 0.2) is 55.3 Å². The summed E-state index contributed by atoms with van der Waals surface area (Å²) in [5.74, 6) is 1.37. The second kappa shape index (κ2) is 10.6. The largest absolute Gasteiger partial charge is 0.494 e. The van der Waals surface area contributed by atoms with Crippen LogP contribution in [0.3, 0.4) is 0 Å². The fraction of sp³-hybridized carbons (Fsp3) is 0.240. The van der Waals surface area contributed by atoms with Gasteiger partial charge in [-0.05, 0) is 44.0 Å². The third-order valence-electron chi connectivity index (χ3n) is 5.52. The summed E-state index contributed by atoms with van der Waals surface area (Å²) in [6, 6.07) is 10.8. The number of halogens is 1. The number of amides is 1. The van der Waals surface area contributed by atoms with Crippen LogP contribution in [-0.4, -0.2) is 49.5 Å². The predicted octanol–water partition coefficient (Wildman–Crippen LogP) is 5.18. The van der Waals surface area contributed by atoms with Crippen molar-refractivity contribution in [3.05, 3.63) is 60.3 Å². The van der Waals surface area contributed by atoms with Crippen molar-refractivity contribution in [1.29, 1.82) is 0 Å². The number of benzene rings is 2. The lowest BCUT2D eigenvalue weighted by molar-refractivity contribution is -0.114. The highest BCUT2D eigenvalue weighted by molar-refractivity contribution is 7.70. The molecule has 2 heterocycles. The molecule has 36 heavy (non-hydrogen) atoms. The van der Waals surface area contributed by atoms with E-state index in [-0.39, 0.29) is 11.9 Å². The number of ether oxygens (including phenoxy) is 2. The first-order valence-corrected chi connectivity index (χ1v) is 14.2. The number of carbonyl (C=O) groups excluding carboxylic acids is 1. The van der Waals surface area contributed by atoms with E-state index in [2.05, 4.69) is 27.2 Å². The summed E-state index contributed by atoms with van der Waals surface area (Å²) >= 11 is 6.38. The summed E-state index contributed by atoms with van der Waals surface area (Å²) in [6.07, 6.45) is 3.42. The van der Waals surface area contributed by atoms with Crippen LogP contribution in [0.1, 0.15) is 6.42 Å². The number of carbonyl (C=O) groups is 1. The standard InChI is InChI=1S/C25H27ClN5O4P/c1-5-23(32)31-11-8-12-35-21-14-20(34-2)18(13-19(21)31)29-25-27-15-16(26)24(30-25)28-17-9-6-7-10-22(17)36(3,4)33/h5-7,9-10,13-15H,1,8,11-12H2,2-4H3,(H2,27,28,29,30). The van der Waals surface area contributed by atoms with Gasteiger partial charge in [0, 0.05) is 17.9 Å². The van der Waals surface area contributed by atoms with E-state index in [0.29, 0.717) is 64.3 Å². The number of para-hydroxylation sites is 1. The van der Waals surface area contributed by atoms with Gasteiger partial charge in [0.2, 0.25) is 11.9 Å². The summed E-state index contributed by atoms with van der Waals surface area (Å²) in [5, 5.41) is 7.31. The van der Waals surface area contributed by atoms with Gasteiger partial charge >= 0.3 is 0 Å². The van der Waals surface area contributed by atoms with Gasteiger partial charge in [-0.25, -0.2) is 4.98 Å². The third kappa shape index (κ3) is 5.48. The fourth-order valence-electron chi connectivity index (χ4n) is 3.82. The van der Waals surface area contributed by atoms with Gasteiger partial charge < -0.3 is 29.6 Å². The van der Waals surface area contributed by atoms with E-state index >= 15 is 0 Å². The minimum atomic E-state index is -2.55. The number of fused-ring (bicyclic) bond motifs is 1. The quantitative estimate of drug-likeness (QED) is 0.320. The number of hydrogen-bond acceptors (Lipinski definition) is 8. The molecule has 0 fully saturated rings. The lowest BCUT2D eigenvalue weighted by Crippen LogP contribution is -2.29. The Morgan fingerprint density at radius 2 is 2.03 bits per heavy atom. The Labute approximate surface area is 214 Å². The summed E-state index contributed by atoms with van der Waals surface area (Å²) in [4.78, 5) is 22.9. The first-order chi connectivity index (χ1) is 17.2. The van der Waals surface area contributed by atoms with Gasteiger partial charge in [0.1, 0.15) is 23.7 Å². The van der Waals surface area contributed by atoms with Gasteiger partial charge in [0.25, 0.3) is 0 Å². The van der Waals surface area contributed by atoms with Crippen molar-refractivity contribution in [3.8, 4) is 11.5 Å². The zero-order chi connectivity index (χ0) is 25.9. The Morgan fingerprint density at radius 1 is 1.25 bits per heavy atom. The van der Waals surface area contributed by atoms with Gasteiger partial charge in [0.15, 0.2) is 5.82 Å². The summed E-state index contributed by atoms with van der Waals surface area (Å²) in [5.41, 5.74) is 1.77.